The number of nitrogens with one attached hydrogen (secondary N) is 1. The van der Waals surface area contributed by atoms with Gasteiger partial charge in [-0.15, -0.1) is 0 Å². The molecule has 1 N–H and O–H groups in total. The maximum atomic E-state index is 13.0. The molecule has 25 heavy (non-hydrogen) atoms. The van der Waals surface area contributed by atoms with Crippen LogP contribution in [0.25, 0.3) is 0 Å². The predicted molar refractivity (Wildman–Crippen MR) is 90.4 cm³/mol. The topological polar surface area (TPSA) is 69.7 Å². The molecule has 2 unspecified atom stereocenters. The number of carbonyl (C=O) groups excluding carboxylic acids is 3. The molecule has 4 amide bonds. The standard InChI is InChI=1S/C18H22FN3O3/c1-11(2)15-4-3-9-21(15)16(23)10-14-17(24)22(18(25)20-14)13-7-5-12(19)6-8-13/h5-8,11,14-15H,3-4,9-10H2,1-2H3,(H,20,25). The number of benzene rings is 1. The molecular formula is C18H22FN3O3. The van der Waals surface area contributed by atoms with Gasteiger partial charge >= 0.3 is 6.03 Å². The molecule has 1 aromatic rings. The fourth-order valence-electron chi connectivity index (χ4n) is 3.59. The van der Waals surface area contributed by atoms with E-state index in [9.17, 15) is 18.8 Å². The van der Waals surface area contributed by atoms with Crippen LogP contribution in [0.3, 0.4) is 0 Å². The maximum absolute atomic E-state index is 13.0. The lowest BCUT2D eigenvalue weighted by Gasteiger charge is -2.28. The van der Waals surface area contributed by atoms with Gasteiger partial charge in [-0.05, 0) is 43.0 Å². The van der Waals surface area contributed by atoms with Crippen LogP contribution in [-0.4, -0.2) is 41.4 Å². The number of imide groups is 1. The molecular weight excluding hydrogens is 325 g/mol. The van der Waals surface area contributed by atoms with E-state index in [4.69, 9.17) is 0 Å². The number of likely N-dealkylation sites (tertiary alicyclic amines) is 1. The molecule has 6 nitrogen and oxygen atoms in total. The minimum absolute atomic E-state index is 0.0501. The molecule has 0 aromatic heterocycles. The molecule has 0 saturated carbocycles. The second-order valence-electron chi connectivity index (χ2n) is 6.90. The highest BCUT2D eigenvalue weighted by Gasteiger charge is 2.42. The normalized spacial score (nSPS) is 23.5. The summed E-state index contributed by atoms with van der Waals surface area (Å²) in [5, 5.41) is 2.56. The Kier molecular flexibility index (Phi) is 4.74. The number of urea groups is 1. The summed E-state index contributed by atoms with van der Waals surface area (Å²) >= 11 is 0. The molecule has 0 bridgehead atoms. The maximum Gasteiger partial charge on any atom is 0.329 e. The summed E-state index contributed by atoms with van der Waals surface area (Å²) in [4.78, 5) is 40.1. The van der Waals surface area contributed by atoms with Crippen LogP contribution >= 0.6 is 0 Å². The number of anilines is 1. The van der Waals surface area contributed by atoms with E-state index >= 15 is 0 Å². The van der Waals surface area contributed by atoms with Gasteiger partial charge in [-0.25, -0.2) is 14.1 Å². The largest absolute Gasteiger partial charge is 0.339 e. The average Bonchev–Trinajstić information content (AvgIpc) is 3.15. The molecule has 7 heteroatoms. The van der Waals surface area contributed by atoms with Gasteiger partial charge < -0.3 is 10.2 Å². The van der Waals surface area contributed by atoms with Crippen molar-refractivity contribution in [2.75, 3.05) is 11.4 Å². The van der Waals surface area contributed by atoms with Crippen molar-refractivity contribution in [3.63, 3.8) is 0 Å². The number of carbonyl (C=O) groups is 3. The summed E-state index contributed by atoms with van der Waals surface area (Å²) in [6.45, 7) is 4.85. The predicted octanol–water partition coefficient (Wildman–Crippen LogP) is 2.29. The minimum atomic E-state index is -0.876. The molecule has 2 aliphatic heterocycles. The minimum Gasteiger partial charge on any atom is -0.339 e. The highest BCUT2D eigenvalue weighted by Crippen LogP contribution is 2.26. The fraction of sp³-hybridized carbons (Fsp3) is 0.500. The Morgan fingerprint density at radius 2 is 1.96 bits per heavy atom. The van der Waals surface area contributed by atoms with Crippen molar-refractivity contribution in [3.05, 3.63) is 30.1 Å². The second kappa shape index (κ2) is 6.82. The van der Waals surface area contributed by atoms with Crippen molar-refractivity contribution in [2.45, 2.75) is 45.2 Å². The first-order valence-electron chi connectivity index (χ1n) is 8.58. The molecule has 134 valence electrons. The van der Waals surface area contributed by atoms with Crippen LogP contribution in [0.15, 0.2) is 24.3 Å². The molecule has 1 aromatic carbocycles. The van der Waals surface area contributed by atoms with E-state index in [-0.39, 0.29) is 18.4 Å². The summed E-state index contributed by atoms with van der Waals surface area (Å²) in [6, 6.07) is 3.83. The van der Waals surface area contributed by atoms with Gasteiger partial charge in [0.15, 0.2) is 0 Å². The Morgan fingerprint density at radius 1 is 1.28 bits per heavy atom. The van der Waals surface area contributed by atoms with Crippen LogP contribution in [-0.2, 0) is 9.59 Å². The van der Waals surface area contributed by atoms with Crippen molar-refractivity contribution >= 4 is 23.5 Å². The van der Waals surface area contributed by atoms with E-state index < -0.39 is 23.8 Å². The Bertz CT molecular complexity index is 689. The van der Waals surface area contributed by atoms with Crippen LogP contribution in [0, 0.1) is 11.7 Å². The molecule has 0 aliphatic carbocycles. The summed E-state index contributed by atoms with van der Waals surface area (Å²) in [5.74, 6) is -0.687. The number of rotatable bonds is 4. The Balaban J connectivity index is 1.70. The smallest absolute Gasteiger partial charge is 0.329 e. The number of amides is 4. The van der Waals surface area contributed by atoms with Crippen molar-refractivity contribution in [2.24, 2.45) is 5.92 Å². The van der Waals surface area contributed by atoms with E-state index in [1.54, 1.807) is 0 Å². The quantitative estimate of drug-likeness (QED) is 0.850. The van der Waals surface area contributed by atoms with Gasteiger partial charge in [0.05, 0.1) is 12.1 Å². The van der Waals surface area contributed by atoms with Crippen LogP contribution in [0.1, 0.15) is 33.1 Å². The van der Waals surface area contributed by atoms with Gasteiger partial charge in [0.2, 0.25) is 5.91 Å². The summed E-state index contributed by atoms with van der Waals surface area (Å²) in [5.41, 5.74) is 0.292. The zero-order chi connectivity index (χ0) is 18.1. The lowest BCUT2D eigenvalue weighted by molar-refractivity contribution is -0.135. The monoisotopic (exact) mass is 347 g/mol. The number of hydrogen-bond acceptors (Lipinski definition) is 3. The van der Waals surface area contributed by atoms with E-state index in [2.05, 4.69) is 19.2 Å². The zero-order valence-electron chi connectivity index (χ0n) is 14.4. The van der Waals surface area contributed by atoms with Crippen LogP contribution < -0.4 is 10.2 Å². The molecule has 2 fully saturated rings. The first-order valence-corrected chi connectivity index (χ1v) is 8.58. The van der Waals surface area contributed by atoms with Crippen molar-refractivity contribution < 1.29 is 18.8 Å². The molecule has 2 heterocycles. The summed E-state index contributed by atoms with van der Waals surface area (Å²) < 4.78 is 13.0. The molecule has 2 aliphatic rings. The fourth-order valence-corrected chi connectivity index (χ4v) is 3.59. The van der Waals surface area contributed by atoms with E-state index in [0.29, 0.717) is 18.2 Å². The highest BCUT2D eigenvalue weighted by molar-refractivity contribution is 6.22. The SMILES string of the molecule is CC(C)C1CCCN1C(=O)CC1NC(=O)N(c2ccc(F)cc2)C1=O. The number of halogens is 1. The third-order valence-corrected chi connectivity index (χ3v) is 4.87. The number of hydrogen-bond donors (Lipinski definition) is 1. The second-order valence-corrected chi connectivity index (χ2v) is 6.90. The van der Waals surface area contributed by atoms with Crippen molar-refractivity contribution in [3.8, 4) is 0 Å². The third-order valence-electron chi connectivity index (χ3n) is 4.87. The van der Waals surface area contributed by atoms with Crippen LogP contribution in [0.4, 0.5) is 14.9 Å². The van der Waals surface area contributed by atoms with Gasteiger partial charge in [-0.1, -0.05) is 13.8 Å². The van der Waals surface area contributed by atoms with Gasteiger partial charge in [0, 0.05) is 12.6 Å². The zero-order valence-corrected chi connectivity index (χ0v) is 14.4. The summed E-state index contributed by atoms with van der Waals surface area (Å²) in [7, 11) is 0. The van der Waals surface area contributed by atoms with E-state index in [1.807, 2.05) is 4.90 Å². The number of nitrogens with zero attached hydrogens (tertiary/aromatic N) is 2. The lowest BCUT2D eigenvalue weighted by Crippen LogP contribution is -2.42. The summed E-state index contributed by atoms with van der Waals surface area (Å²) in [6.07, 6.45) is 1.88. The van der Waals surface area contributed by atoms with Gasteiger partial charge in [-0.3, -0.25) is 9.59 Å². The molecule has 0 radical (unpaired) electrons. The first-order chi connectivity index (χ1) is 11.9. The van der Waals surface area contributed by atoms with Crippen molar-refractivity contribution in [1.82, 2.24) is 10.2 Å². The lowest BCUT2D eigenvalue weighted by atomic mass is 10.0. The Hall–Kier alpha value is -2.44. The molecule has 2 saturated heterocycles. The van der Waals surface area contributed by atoms with Crippen LogP contribution in [0.5, 0.6) is 0 Å². The van der Waals surface area contributed by atoms with Gasteiger partial charge in [0.25, 0.3) is 5.91 Å². The molecule has 0 spiro atoms. The Morgan fingerprint density at radius 3 is 2.60 bits per heavy atom. The van der Waals surface area contributed by atoms with E-state index in [1.165, 1.54) is 24.3 Å². The molecule has 2 atom stereocenters. The van der Waals surface area contributed by atoms with Gasteiger partial charge in [-0.2, -0.15) is 0 Å². The van der Waals surface area contributed by atoms with E-state index in [0.717, 1.165) is 17.7 Å². The third kappa shape index (κ3) is 3.36. The van der Waals surface area contributed by atoms with Crippen LogP contribution in [0.2, 0.25) is 0 Å². The average molecular weight is 347 g/mol. The highest BCUT2D eigenvalue weighted by atomic mass is 19.1. The Labute approximate surface area is 146 Å². The van der Waals surface area contributed by atoms with Crippen molar-refractivity contribution in [1.29, 1.82) is 0 Å². The first kappa shape index (κ1) is 17.4. The molecule has 3 rings (SSSR count). The van der Waals surface area contributed by atoms with Gasteiger partial charge in [0.1, 0.15) is 11.9 Å².